The fourth-order valence-corrected chi connectivity index (χ4v) is 3.97. The van der Waals surface area contributed by atoms with Crippen LogP contribution in [0.3, 0.4) is 0 Å². The number of sulfonamides is 1. The maximum absolute atomic E-state index is 13.7. The molecule has 1 heterocycles. The van der Waals surface area contributed by atoms with Crippen molar-refractivity contribution in [3.05, 3.63) is 51.0 Å². The second-order valence-electron chi connectivity index (χ2n) is 4.71. The molecule has 0 unspecified atom stereocenters. The van der Waals surface area contributed by atoms with Gasteiger partial charge in [0.1, 0.15) is 5.82 Å². The van der Waals surface area contributed by atoms with Crippen LogP contribution in [0.1, 0.15) is 20.9 Å². The molecule has 0 saturated heterocycles. The van der Waals surface area contributed by atoms with Gasteiger partial charge in [-0.25, -0.2) is 17.5 Å². The van der Waals surface area contributed by atoms with E-state index in [1.165, 1.54) is 24.3 Å². The van der Waals surface area contributed by atoms with E-state index in [0.717, 1.165) is 15.8 Å². The maximum atomic E-state index is 13.7. The predicted molar refractivity (Wildman–Crippen MR) is 80.1 cm³/mol. The van der Waals surface area contributed by atoms with Crippen LogP contribution in [0.25, 0.3) is 0 Å². The number of halogens is 1. The molecule has 0 saturated carbocycles. The number of hydrogen-bond donors (Lipinski definition) is 2. The Morgan fingerprint density at radius 3 is 2.57 bits per heavy atom. The Morgan fingerprint density at radius 1 is 1.29 bits per heavy atom. The van der Waals surface area contributed by atoms with E-state index >= 15 is 0 Å². The molecule has 0 aliphatic heterocycles. The molecule has 4 nitrogen and oxygen atoms in total. The van der Waals surface area contributed by atoms with Gasteiger partial charge in [-0.1, -0.05) is 0 Å². The number of aliphatic hydroxyl groups excluding tert-OH is 1. The van der Waals surface area contributed by atoms with Crippen molar-refractivity contribution in [3.8, 4) is 0 Å². The summed E-state index contributed by atoms with van der Waals surface area (Å²) in [4.78, 5) is 1.96. The molecule has 0 aliphatic carbocycles. The number of hydrogen-bond acceptors (Lipinski definition) is 4. The van der Waals surface area contributed by atoms with E-state index in [4.69, 9.17) is 5.11 Å². The van der Waals surface area contributed by atoms with E-state index in [1.807, 2.05) is 19.1 Å². The molecule has 7 heteroatoms. The van der Waals surface area contributed by atoms with Crippen LogP contribution in [-0.2, 0) is 23.2 Å². The highest BCUT2D eigenvalue weighted by atomic mass is 32.2. The van der Waals surface area contributed by atoms with Crippen molar-refractivity contribution in [1.29, 1.82) is 0 Å². The molecule has 0 radical (unpaired) electrons. The topological polar surface area (TPSA) is 66.4 Å². The van der Waals surface area contributed by atoms with Gasteiger partial charge in [-0.2, -0.15) is 0 Å². The third kappa shape index (κ3) is 3.68. The highest BCUT2D eigenvalue weighted by Gasteiger charge is 2.18. The minimum absolute atomic E-state index is 0.0256. The van der Waals surface area contributed by atoms with Gasteiger partial charge in [-0.15, -0.1) is 11.3 Å². The zero-order valence-corrected chi connectivity index (χ0v) is 13.3. The van der Waals surface area contributed by atoms with Gasteiger partial charge in [-0.3, -0.25) is 0 Å². The van der Waals surface area contributed by atoms with E-state index < -0.39 is 22.4 Å². The summed E-state index contributed by atoms with van der Waals surface area (Å²) >= 11 is 1.51. The quantitative estimate of drug-likeness (QED) is 0.885. The predicted octanol–water partition coefficient (Wildman–Crippen LogP) is 2.47. The van der Waals surface area contributed by atoms with Crippen molar-refractivity contribution in [3.63, 3.8) is 0 Å². The summed E-state index contributed by atoms with van der Waals surface area (Å²) in [6.45, 7) is 3.06. The first kappa shape index (κ1) is 16.1. The normalized spacial score (nSPS) is 11.8. The number of benzene rings is 1. The molecule has 0 spiro atoms. The van der Waals surface area contributed by atoms with Gasteiger partial charge in [-0.05, 0) is 43.7 Å². The van der Waals surface area contributed by atoms with E-state index in [9.17, 15) is 12.8 Å². The van der Waals surface area contributed by atoms with Crippen molar-refractivity contribution < 1.29 is 17.9 Å². The molecule has 2 N–H and O–H groups in total. The molecule has 0 fully saturated rings. The van der Waals surface area contributed by atoms with Crippen LogP contribution in [0, 0.1) is 19.7 Å². The van der Waals surface area contributed by atoms with Gasteiger partial charge in [0.2, 0.25) is 10.0 Å². The van der Waals surface area contributed by atoms with Gasteiger partial charge in [0.05, 0.1) is 11.5 Å². The van der Waals surface area contributed by atoms with Crippen molar-refractivity contribution >= 4 is 21.4 Å². The lowest BCUT2D eigenvalue weighted by atomic mass is 10.1. The van der Waals surface area contributed by atoms with Crippen molar-refractivity contribution in [2.24, 2.45) is 0 Å². The Kier molecular flexibility index (Phi) is 4.77. The van der Waals surface area contributed by atoms with Crippen molar-refractivity contribution in [2.45, 2.75) is 31.9 Å². The maximum Gasteiger partial charge on any atom is 0.240 e. The lowest BCUT2D eigenvalue weighted by Crippen LogP contribution is -2.23. The van der Waals surface area contributed by atoms with E-state index in [1.54, 1.807) is 0 Å². The van der Waals surface area contributed by atoms with Gasteiger partial charge < -0.3 is 5.11 Å². The number of rotatable bonds is 5. The third-order valence-corrected chi connectivity index (χ3v) is 5.40. The average molecular weight is 329 g/mol. The molecule has 21 heavy (non-hydrogen) atoms. The first-order chi connectivity index (χ1) is 9.83. The Balaban J connectivity index is 2.25. The second-order valence-corrected chi connectivity index (χ2v) is 7.85. The van der Waals surface area contributed by atoms with Crippen LogP contribution in [-0.4, -0.2) is 13.5 Å². The summed E-state index contributed by atoms with van der Waals surface area (Å²) in [5.41, 5.74) is 0.163. The molecule has 0 bridgehead atoms. The van der Waals surface area contributed by atoms with Crippen LogP contribution in [0.2, 0.25) is 0 Å². The molecule has 1 aromatic heterocycles. The fraction of sp³-hybridized carbons (Fsp3) is 0.286. The summed E-state index contributed by atoms with van der Waals surface area (Å²) in [6.07, 6.45) is 0. The van der Waals surface area contributed by atoms with E-state index in [2.05, 4.69) is 4.72 Å². The number of nitrogens with one attached hydrogen (secondary N) is 1. The van der Waals surface area contributed by atoms with Crippen LogP contribution in [0.15, 0.2) is 29.2 Å². The van der Waals surface area contributed by atoms with Gasteiger partial charge in [0.15, 0.2) is 0 Å². The van der Waals surface area contributed by atoms with E-state index in [-0.39, 0.29) is 22.6 Å². The summed E-state index contributed by atoms with van der Waals surface area (Å²) in [5, 5.41) is 9.09. The minimum Gasteiger partial charge on any atom is -0.392 e. The first-order valence-electron chi connectivity index (χ1n) is 6.28. The van der Waals surface area contributed by atoms with Crippen LogP contribution < -0.4 is 4.72 Å². The molecule has 0 amide bonds. The Hall–Kier alpha value is -1.28. The van der Waals surface area contributed by atoms with Crippen molar-refractivity contribution in [1.82, 2.24) is 4.72 Å². The standard InChI is InChI=1S/C14H16FNO3S2/c1-9-5-13(6-11(8-17)14(9)15)21(18,19)16-7-12-4-3-10(2)20-12/h3-6,16-17H,7-8H2,1-2H3. The molecular formula is C14H16FNO3S2. The average Bonchev–Trinajstić information content (AvgIpc) is 2.85. The van der Waals surface area contributed by atoms with Gasteiger partial charge >= 0.3 is 0 Å². The van der Waals surface area contributed by atoms with Crippen LogP contribution in [0.5, 0.6) is 0 Å². The number of aliphatic hydroxyl groups is 1. The summed E-state index contributed by atoms with van der Waals surface area (Å²) in [7, 11) is -3.74. The van der Waals surface area contributed by atoms with E-state index in [0.29, 0.717) is 0 Å². The first-order valence-corrected chi connectivity index (χ1v) is 8.58. The molecule has 1 aromatic carbocycles. The Labute approximate surface area is 127 Å². The Morgan fingerprint density at radius 2 is 2.00 bits per heavy atom. The van der Waals surface area contributed by atoms with Crippen molar-refractivity contribution in [2.75, 3.05) is 0 Å². The molecule has 0 aliphatic rings. The molecule has 0 atom stereocenters. The smallest absolute Gasteiger partial charge is 0.240 e. The zero-order chi connectivity index (χ0) is 15.6. The number of aryl methyl sites for hydroxylation is 2. The second kappa shape index (κ2) is 6.23. The van der Waals surface area contributed by atoms with Crippen LogP contribution in [0.4, 0.5) is 4.39 Å². The largest absolute Gasteiger partial charge is 0.392 e. The fourth-order valence-electron chi connectivity index (χ4n) is 1.91. The van der Waals surface area contributed by atoms with Gasteiger partial charge in [0.25, 0.3) is 0 Å². The minimum atomic E-state index is -3.74. The van der Waals surface area contributed by atoms with Gasteiger partial charge in [0, 0.05) is 21.9 Å². The SMILES string of the molecule is Cc1ccc(CNS(=O)(=O)c2cc(C)c(F)c(CO)c2)s1. The third-order valence-electron chi connectivity index (χ3n) is 3.02. The highest BCUT2D eigenvalue weighted by Crippen LogP contribution is 2.20. The Bertz CT molecular complexity index is 754. The molecule has 114 valence electrons. The summed E-state index contributed by atoms with van der Waals surface area (Å²) < 4.78 is 40.6. The molecular weight excluding hydrogens is 313 g/mol. The molecule has 2 aromatic rings. The zero-order valence-electron chi connectivity index (χ0n) is 11.7. The lowest BCUT2D eigenvalue weighted by Gasteiger charge is -2.10. The highest BCUT2D eigenvalue weighted by molar-refractivity contribution is 7.89. The lowest BCUT2D eigenvalue weighted by molar-refractivity contribution is 0.275. The van der Waals surface area contributed by atoms with Crippen LogP contribution >= 0.6 is 11.3 Å². The number of thiophene rings is 1. The monoisotopic (exact) mass is 329 g/mol. The summed E-state index contributed by atoms with van der Waals surface area (Å²) in [5.74, 6) is -0.578. The summed E-state index contributed by atoms with van der Waals surface area (Å²) in [6, 6.07) is 6.19. The molecule has 2 rings (SSSR count).